The Hall–Kier alpha value is -4.14. The van der Waals surface area contributed by atoms with E-state index in [4.69, 9.17) is 4.74 Å². The van der Waals surface area contributed by atoms with Crippen LogP contribution in [0.1, 0.15) is 29.2 Å². The SMILES string of the molecule is CN(Cc1ccn[nH]1)C(=O)C(CC(=O)O)NC(=O)OCC1c2ccccc2-c2ccccc21. The van der Waals surface area contributed by atoms with Gasteiger partial charge < -0.3 is 20.1 Å². The molecule has 33 heavy (non-hydrogen) atoms. The van der Waals surface area contributed by atoms with Gasteiger partial charge in [-0.25, -0.2) is 4.79 Å². The molecule has 1 atom stereocenters. The summed E-state index contributed by atoms with van der Waals surface area (Å²) in [7, 11) is 1.53. The first-order valence-corrected chi connectivity index (χ1v) is 10.5. The van der Waals surface area contributed by atoms with Crippen LogP contribution in [0.5, 0.6) is 0 Å². The summed E-state index contributed by atoms with van der Waals surface area (Å²) >= 11 is 0. The number of carboxylic acids is 1. The molecule has 0 saturated heterocycles. The fourth-order valence-electron chi connectivity index (χ4n) is 4.13. The van der Waals surface area contributed by atoms with Crippen LogP contribution in [0.3, 0.4) is 0 Å². The summed E-state index contributed by atoms with van der Waals surface area (Å²) in [4.78, 5) is 38.0. The topological polar surface area (TPSA) is 125 Å². The molecule has 0 bridgehead atoms. The van der Waals surface area contributed by atoms with Gasteiger partial charge in [-0.3, -0.25) is 14.7 Å². The Kier molecular flexibility index (Phi) is 6.39. The predicted octanol–water partition coefficient (Wildman–Crippen LogP) is 2.75. The average molecular weight is 448 g/mol. The lowest BCUT2D eigenvalue weighted by Gasteiger charge is -2.23. The number of carbonyl (C=O) groups is 3. The third-order valence-electron chi connectivity index (χ3n) is 5.65. The minimum absolute atomic E-state index is 0.0673. The van der Waals surface area contributed by atoms with E-state index < -0.39 is 30.4 Å². The second-order valence-corrected chi connectivity index (χ2v) is 7.90. The molecule has 0 saturated carbocycles. The standard InChI is InChI=1S/C24H24N4O5/c1-28(13-15-10-11-25-27-15)23(31)21(12-22(29)30)26-24(32)33-14-20-18-8-4-2-6-16(18)17-7-3-5-9-19(17)20/h2-11,20-21H,12-14H2,1H3,(H,25,27)(H,26,32)(H,29,30). The highest BCUT2D eigenvalue weighted by Crippen LogP contribution is 2.44. The quantitative estimate of drug-likeness (QED) is 0.487. The van der Waals surface area contributed by atoms with Crippen molar-refractivity contribution in [3.8, 4) is 11.1 Å². The molecule has 1 unspecified atom stereocenters. The van der Waals surface area contributed by atoms with E-state index in [2.05, 4.69) is 15.5 Å². The smallest absolute Gasteiger partial charge is 0.407 e. The van der Waals surface area contributed by atoms with Gasteiger partial charge >= 0.3 is 12.1 Å². The molecule has 0 aliphatic heterocycles. The zero-order valence-corrected chi connectivity index (χ0v) is 18.0. The Bertz CT molecular complexity index is 1120. The molecule has 9 nitrogen and oxygen atoms in total. The molecule has 0 spiro atoms. The normalized spacial score (nSPS) is 13.0. The van der Waals surface area contributed by atoms with E-state index in [0.29, 0.717) is 5.69 Å². The molecule has 1 aliphatic rings. The lowest BCUT2D eigenvalue weighted by Crippen LogP contribution is -2.48. The number of rotatable bonds is 8. The number of aliphatic carboxylic acids is 1. The number of nitrogens with one attached hydrogen (secondary N) is 2. The van der Waals surface area contributed by atoms with Crippen molar-refractivity contribution in [3.05, 3.63) is 77.6 Å². The van der Waals surface area contributed by atoms with Crippen LogP contribution in [0.25, 0.3) is 11.1 Å². The Labute approximate surface area is 190 Å². The molecule has 3 aromatic rings. The van der Waals surface area contributed by atoms with E-state index in [9.17, 15) is 19.5 Å². The van der Waals surface area contributed by atoms with Gasteiger partial charge in [0, 0.05) is 19.2 Å². The first-order valence-electron chi connectivity index (χ1n) is 10.5. The summed E-state index contributed by atoms with van der Waals surface area (Å²) in [5, 5.41) is 18.2. The molecular weight excluding hydrogens is 424 g/mol. The van der Waals surface area contributed by atoms with E-state index in [0.717, 1.165) is 22.3 Å². The molecule has 3 N–H and O–H groups in total. The fraction of sp³-hybridized carbons (Fsp3) is 0.250. The number of likely N-dealkylation sites (N-methyl/N-ethyl adjacent to an activating group) is 1. The Morgan fingerprint density at radius 1 is 1.09 bits per heavy atom. The molecule has 9 heteroatoms. The molecule has 1 aliphatic carbocycles. The number of hydrogen-bond donors (Lipinski definition) is 3. The van der Waals surface area contributed by atoms with Crippen molar-refractivity contribution < 1.29 is 24.2 Å². The molecule has 1 aromatic heterocycles. The zero-order valence-electron chi connectivity index (χ0n) is 18.0. The zero-order chi connectivity index (χ0) is 23.4. The molecule has 2 aromatic carbocycles. The third-order valence-corrected chi connectivity index (χ3v) is 5.65. The molecule has 2 amide bonds. The highest BCUT2D eigenvalue weighted by atomic mass is 16.5. The number of nitrogens with zero attached hydrogens (tertiary/aromatic N) is 2. The van der Waals surface area contributed by atoms with Gasteiger partial charge in [-0.15, -0.1) is 0 Å². The number of H-pyrrole nitrogens is 1. The number of alkyl carbamates (subject to hydrolysis) is 1. The van der Waals surface area contributed by atoms with Crippen molar-refractivity contribution in [1.82, 2.24) is 20.4 Å². The van der Waals surface area contributed by atoms with Crippen LogP contribution in [0.15, 0.2) is 60.8 Å². The van der Waals surface area contributed by atoms with Crippen molar-refractivity contribution in [3.63, 3.8) is 0 Å². The number of fused-ring (bicyclic) bond motifs is 3. The van der Waals surface area contributed by atoms with Crippen LogP contribution < -0.4 is 5.32 Å². The predicted molar refractivity (Wildman–Crippen MR) is 119 cm³/mol. The van der Waals surface area contributed by atoms with Gasteiger partial charge in [0.25, 0.3) is 0 Å². The number of ether oxygens (including phenoxy) is 1. The molecule has 0 fully saturated rings. The van der Waals surface area contributed by atoms with Crippen molar-refractivity contribution in [2.45, 2.75) is 24.9 Å². The van der Waals surface area contributed by atoms with Crippen LogP contribution in [-0.2, 0) is 20.9 Å². The summed E-state index contributed by atoms with van der Waals surface area (Å²) in [5.41, 5.74) is 5.00. The largest absolute Gasteiger partial charge is 0.481 e. The number of carboxylic acid groups (broad SMARTS) is 1. The van der Waals surface area contributed by atoms with Crippen LogP contribution in [0, 0.1) is 0 Å². The summed E-state index contributed by atoms with van der Waals surface area (Å²) in [5.74, 6) is -1.89. The van der Waals surface area contributed by atoms with Crippen molar-refractivity contribution in [2.75, 3.05) is 13.7 Å². The van der Waals surface area contributed by atoms with Crippen LogP contribution in [-0.4, -0.2) is 57.9 Å². The highest BCUT2D eigenvalue weighted by Gasteiger charge is 2.31. The van der Waals surface area contributed by atoms with E-state index >= 15 is 0 Å². The maximum atomic E-state index is 12.8. The average Bonchev–Trinajstić information content (AvgIpc) is 3.42. The Morgan fingerprint density at radius 3 is 2.30 bits per heavy atom. The number of aromatic nitrogens is 2. The van der Waals surface area contributed by atoms with Gasteiger partial charge in [-0.05, 0) is 28.3 Å². The summed E-state index contributed by atoms with van der Waals surface area (Å²) in [6.07, 6.45) is 0.152. The molecular formula is C24H24N4O5. The maximum Gasteiger partial charge on any atom is 0.407 e. The number of aromatic amines is 1. The Balaban J connectivity index is 1.42. The highest BCUT2D eigenvalue weighted by molar-refractivity contribution is 5.89. The van der Waals surface area contributed by atoms with Crippen LogP contribution >= 0.6 is 0 Å². The molecule has 4 rings (SSSR count). The molecule has 1 heterocycles. The van der Waals surface area contributed by atoms with Gasteiger partial charge in [0.1, 0.15) is 12.6 Å². The number of amides is 2. The lowest BCUT2D eigenvalue weighted by atomic mass is 9.98. The Morgan fingerprint density at radius 2 is 1.73 bits per heavy atom. The van der Waals surface area contributed by atoms with E-state index in [1.165, 1.54) is 11.9 Å². The van der Waals surface area contributed by atoms with Gasteiger partial charge in [0.15, 0.2) is 0 Å². The third kappa shape index (κ3) is 4.87. The first kappa shape index (κ1) is 22.1. The summed E-state index contributed by atoms with van der Waals surface area (Å²) in [6.45, 7) is 0.263. The van der Waals surface area contributed by atoms with Crippen molar-refractivity contribution >= 4 is 18.0 Å². The van der Waals surface area contributed by atoms with E-state index in [1.807, 2.05) is 48.5 Å². The van der Waals surface area contributed by atoms with Crippen molar-refractivity contribution in [2.24, 2.45) is 0 Å². The fourth-order valence-corrected chi connectivity index (χ4v) is 4.13. The number of hydrogen-bond acceptors (Lipinski definition) is 5. The maximum absolute atomic E-state index is 12.8. The molecule has 170 valence electrons. The van der Waals surface area contributed by atoms with Gasteiger partial charge in [-0.1, -0.05) is 48.5 Å². The van der Waals surface area contributed by atoms with Crippen molar-refractivity contribution in [1.29, 1.82) is 0 Å². The minimum atomic E-state index is -1.26. The van der Waals surface area contributed by atoms with Gasteiger partial charge in [-0.2, -0.15) is 5.10 Å². The first-order chi connectivity index (χ1) is 15.9. The molecule has 0 radical (unpaired) electrons. The van der Waals surface area contributed by atoms with Crippen LogP contribution in [0.4, 0.5) is 4.79 Å². The van der Waals surface area contributed by atoms with E-state index in [-0.39, 0.29) is 19.1 Å². The summed E-state index contributed by atoms with van der Waals surface area (Å²) in [6, 6.07) is 16.3. The minimum Gasteiger partial charge on any atom is -0.481 e. The summed E-state index contributed by atoms with van der Waals surface area (Å²) < 4.78 is 5.46. The number of benzene rings is 2. The van der Waals surface area contributed by atoms with E-state index in [1.54, 1.807) is 12.3 Å². The number of carbonyl (C=O) groups excluding carboxylic acids is 2. The van der Waals surface area contributed by atoms with Gasteiger partial charge in [0.05, 0.1) is 18.7 Å². The second-order valence-electron chi connectivity index (χ2n) is 7.90. The van der Waals surface area contributed by atoms with Gasteiger partial charge in [0.2, 0.25) is 5.91 Å². The van der Waals surface area contributed by atoms with Crippen LogP contribution in [0.2, 0.25) is 0 Å². The monoisotopic (exact) mass is 448 g/mol. The second kappa shape index (κ2) is 9.56. The lowest BCUT2D eigenvalue weighted by molar-refractivity contribution is -0.142.